The second-order valence-corrected chi connectivity index (χ2v) is 10.0. The van der Waals surface area contributed by atoms with Crippen LogP contribution in [0.4, 0.5) is 0 Å². The predicted octanol–water partition coefficient (Wildman–Crippen LogP) is 4.97. The van der Waals surface area contributed by atoms with Crippen LogP contribution in [-0.4, -0.2) is 50.3 Å². The summed E-state index contributed by atoms with van der Waals surface area (Å²) in [6.45, 7) is 4.59. The number of nitrogens with two attached hydrogens (primary N) is 1. The van der Waals surface area contributed by atoms with Crippen LogP contribution in [-0.2, 0) is 20.9 Å². The first kappa shape index (κ1) is 32.3. The zero-order valence-electron chi connectivity index (χ0n) is 24.2. The molecule has 0 heterocycles. The van der Waals surface area contributed by atoms with Crippen LogP contribution in [0.2, 0.25) is 0 Å². The normalized spacial score (nSPS) is 13.3. The summed E-state index contributed by atoms with van der Waals surface area (Å²) in [5, 5.41) is 27.9. The molecule has 0 saturated heterocycles. The lowest BCUT2D eigenvalue weighted by atomic mass is 9.77. The van der Waals surface area contributed by atoms with Crippen molar-refractivity contribution in [1.29, 1.82) is 5.41 Å². The van der Waals surface area contributed by atoms with Gasteiger partial charge < -0.3 is 25.6 Å². The molecule has 1 amide bonds. The van der Waals surface area contributed by atoms with Gasteiger partial charge >= 0.3 is 17.9 Å². The number of amides is 1. The number of carboxylic acids is 2. The van der Waals surface area contributed by atoms with Gasteiger partial charge in [-0.2, -0.15) is 0 Å². The number of carboxylic acid groups (broad SMARTS) is 2. The molecule has 3 rings (SSSR count). The molecule has 0 spiro atoms. The van der Waals surface area contributed by atoms with E-state index in [2.05, 4.69) is 0 Å². The fraction of sp³-hybridized carbons (Fsp3) is 0.242. The molecule has 3 aromatic rings. The average Bonchev–Trinajstić information content (AvgIpc) is 2.99. The van der Waals surface area contributed by atoms with Crippen molar-refractivity contribution >= 4 is 35.7 Å². The van der Waals surface area contributed by atoms with Crippen LogP contribution in [0, 0.1) is 11.3 Å². The van der Waals surface area contributed by atoms with Crippen LogP contribution in [0.25, 0.3) is 6.08 Å². The van der Waals surface area contributed by atoms with E-state index < -0.39 is 35.3 Å². The Balaban J connectivity index is 1.92. The number of carbonyl (C=O) groups excluding carboxylic acids is 2. The first-order valence-corrected chi connectivity index (χ1v) is 13.7. The Kier molecular flexibility index (Phi) is 10.6. The number of hydrogen-bond acceptors (Lipinski definition) is 6. The van der Waals surface area contributed by atoms with Gasteiger partial charge in [0.2, 0.25) is 0 Å². The summed E-state index contributed by atoms with van der Waals surface area (Å²) in [6, 6.07) is 21.3. The highest BCUT2D eigenvalue weighted by atomic mass is 16.5. The lowest BCUT2D eigenvalue weighted by Crippen LogP contribution is -2.62. The number of amidine groups is 1. The third-order valence-electron chi connectivity index (χ3n) is 7.35. The molecule has 0 aliphatic carbocycles. The Hall–Kier alpha value is -5.25. The van der Waals surface area contributed by atoms with Crippen LogP contribution in [0.5, 0.6) is 5.75 Å². The number of rotatable bonds is 13. The molecule has 2 atom stereocenters. The average molecular weight is 586 g/mol. The van der Waals surface area contributed by atoms with Crippen molar-refractivity contribution in [2.24, 2.45) is 11.7 Å². The summed E-state index contributed by atoms with van der Waals surface area (Å²) < 4.78 is 5.38. The quantitative estimate of drug-likeness (QED) is 0.0716. The van der Waals surface area contributed by atoms with Crippen LogP contribution >= 0.6 is 0 Å². The summed E-state index contributed by atoms with van der Waals surface area (Å²) in [5.41, 5.74) is 5.61. The molecule has 0 bridgehead atoms. The molecule has 1 unspecified atom stereocenters. The maximum atomic E-state index is 14.0. The Bertz CT molecular complexity index is 1520. The molecule has 0 saturated carbocycles. The standard InChI is InChI=1S/C33H35N3O7/c1-4-27(30(38)39)33(5-2,32(41)42)36(20-23-9-7-6-8-10-23)29(37)21(3)19-22-11-13-25(14-12-22)31(40)43-26-17-15-24(16-18-26)28(34)35/h6-19,27H,4-5,20H2,1-3H3,(H3,34,35)(H,38,39)(H,41,42)/t27?,33-/m0/s1. The van der Waals surface area contributed by atoms with E-state index in [0.717, 1.165) is 4.90 Å². The van der Waals surface area contributed by atoms with Gasteiger partial charge in [-0.25, -0.2) is 9.59 Å². The molecular weight excluding hydrogens is 550 g/mol. The molecule has 10 nitrogen and oxygen atoms in total. The van der Waals surface area contributed by atoms with Crippen molar-refractivity contribution in [3.05, 3.63) is 107 Å². The molecule has 0 radical (unpaired) electrons. The largest absolute Gasteiger partial charge is 0.481 e. The minimum absolute atomic E-state index is 0.00917. The van der Waals surface area contributed by atoms with Gasteiger partial charge in [0.1, 0.15) is 11.6 Å². The summed E-state index contributed by atoms with van der Waals surface area (Å²) in [4.78, 5) is 52.8. The molecule has 0 aromatic heterocycles. The third kappa shape index (κ3) is 7.34. The molecule has 43 heavy (non-hydrogen) atoms. The highest BCUT2D eigenvalue weighted by molar-refractivity contribution is 6.01. The van der Waals surface area contributed by atoms with Crippen molar-refractivity contribution in [1.82, 2.24) is 4.90 Å². The van der Waals surface area contributed by atoms with Gasteiger partial charge in [-0.15, -0.1) is 0 Å². The van der Waals surface area contributed by atoms with Gasteiger partial charge in [-0.1, -0.05) is 56.3 Å². The van der Waals surface area contributed by atoms with E-state index in [1.54, 1.807) is 74.5 Å². The molecule has 0 fully saturated rings. The first-order chi connectivity index (χ1) is 20.4. The zero-order chi connectivity index (χ0) is 31.7. The summed E-state index contributed by atoms with van der Waals surface area (Å²) in [5.74, 6) is -5.08. The summed E-state index contributed by atoms with van der Waals surface area (Å²) in [7, 11) is 0. The Morgan fingerprint density at radius 2 is 1.51 bits per heavy atom. The number of hydrogen-bond donors (Lipinski definition) is 4. The zero-order valence-corrected chi connectivity index (χ0v) is 24.2. The number of nitrogen functional groups attached to an aromatic ring is 1. The highest BCUT2D eigenvalue weighted by Crippen LogP contribution is 2.35. The van der Waals surface area contributed by atoms with Crippen LogP contribution < -0.4 is 10.5 Å². The van der Waals surface area contributed by atoms with E-state index in [0.29, 0.717) is 16.7 Å². The minimum Gasteiger partial charge on any atom is -0.481 e. The molecular formula is C33H35N3O7. The van der Waals surface area contributed by atoms with Crippen LogP contribution in [0.1, 0.15) is 60.7 Å². The van der Waals surface area contributed by atoms with Gasteiger partial charge in [-0.3, -0.25) is 15.0 Å². The monoisotopic (exact) mass is 585 g/mol. The predicted molar refractivity (Wildman–Crippen MR) is 162 cm³/mol. The number of nitrogens with one attached hydrogen (secondary N) is 1. The smallest absolute Gasteiger partial charge is 0.343 e. The molecule has 3 aromatic carbocycles. The molecule has 224 valence electrons. The minimum atomic E-state index is -2.00. The number of nitrogens with zero attached hydrogens (tertiary/aromatic N) is 1. The number of esters is 1. The number of carbonyl (C=O) groups is 4. The topological polar surface area (TPSA) is 171 Å². The molecule has 0 aliphatic heterocycles. The number of ether oxygens (including phenoxy) is 1. The maximum absolute atomic E-state index is 14.0. The lowest BCUT2D eigenvalue weighted by molar-refractivity contribution is -0.171. The highest BCUT2D eigenvalue weighted by Gasteiger charge is 2.53. The SMILES string of the molecule is CCC(C(=O)O)[C@@](CC)(C(=O)O)N(Cc1ccccc1)C(=O)C(C)=Cc1ccc(C(=O)Oc2ccc(C(=N)N)cc2)cc1. The fourth-order valence-electron chi connectivity index (χ4n) is 5.03. The van der Waals surface area contributed by atoms with E-state index in [-0.39, 0.29) is 42.1 Å². The van der Waals surface area contributed by atoms with Gasteiger partial charge in [-0.05, 0) is 73.4 Å². The van der Waals surface area contributed by atoms with E-state index in [1.165, 1.54) is 31.2 Å². The maximum Gasteiger partial charge on any atom is 0.343 e. The van der Waals surface area contributed by atoms with E-state index in [4.69, 9.17) is 15.9 Å². The van der Waals surface area contributed by atoms with Crippen molar-refractivity contribution in [2.75, 3.05) is 0 Å². The third-order valence-corrected chi connectivity index (χ3v) is 7.35. The van der Waals surface area contributed by atoms with Crippen LogP contribution in [0.3, 0.4) is 0 Å². The second kappa shape index (κ2) is 14.1. The van der Waals surface area contributed by atoms with Crippen molar-refractivity contribution in [3.8, 4) is 5.75 Å². The van der Waals surface area contributed by atoms with Gasteiger partial charge in [0.05, 0.1) is 11.5 Å². The van der Waals surface area contributed by atoms with Gasteiger partial charge in [0.25, 0.3) is 5.91 Å². The molecule has 5 N–H and O–H groups in total. The van der Waals surface area contributed by atoms with E-state index in [1.807, 2.05) is 0 Å². The van der Waals surface area contributed by atoms with Crippen LogP contribution in [0.15, 0.2) is 84.4 Å². The lowest BCUT2D eigenvalue weighted by Gasteiger charge is -2.43. The number of benzene rings is 3. The van der Waals surface area contributed by atoms with Crippen molar-refractivity contribution < 1.29 is 34.1 Å². The molecule has 10 heteroatoms. The van der Waals surface area contributed by atoms with Crippen molar-refractivity contribution in [2.45, 2.75) is 45.7 Å². The van der Waals surface area contributed by atoms with E-state index >= 15 is 0 Å². The fourth-order valence-corrected chi connectivity index (χ4v) is 5.03. The molecule has 0 aliphatic rings. The Morgan fingerprint density at radius 3 is 2.00 bits per heavy atom. The second-order valence-electron chi connectivity index (χ2n) is 10.0. The Morgan fingerprint density at radius 1 is 0.930 bits per heavy atom. The summed E-state index contributed by atoms with van der Waals surface area (Å²) >= 11 is 0. The van der Waals surface area contributed by atoms with Gasteiger partial charge in [0, 0.05) is 17.7 Å². The van der Waals surface area contributed by atoms with Gasteiger partial charge in [0.15, 0.2) is 5.54 Å². The van der Waals surface area contributed by atoms with E-state index in [9.17, 15) is 29.4 Å². The Labute approximate surface area is 249 Å². The first-order valence-electron chi connectivity index (χ1n) is 13.7. The summed E-state index contributed by atoms with van der Waals surface area (Å²) in [6.07, 6.45) is 1.45. The number of aliphatic carboxylic acids is 2. The van der Waals surface area contributed by atoms with Crippen molar-refractivity contribution in [3.63, 3.8) is 0 Å².